The summed E-state index contributed by atoms with van der Waals surface area (Å²) in [5.41, 5.74) is 3.13. The van der Waals surface area contributed by atoms with Crippen molar-refractivity contribution in [3.05, 3.63) is 95.6 Å². The number of methoxy groups -OCH3 is 1. The lowest BCUT2D eigenvalue weighted by atomic mass is 10.0. The predicted octanol–water partition coefficient (Wildman–Crippen LogP) is 3.94. The lowest BCUT2D eigenvalue weighted by Gasteiger charge is -2.33. The van der Waals surface area contributed by atoms with E-state index in [1.165, 1.54) is 12.0 Å². The van der Waals surface area contributed by atoms with Gasteiger partial charge in [0, 0.05) is 19.5 Å². The van der Waals surface area contributed by atoms with Gasteiger partial charge in [-0.2, -0.15) is 0 Å². The van der Waals surface area contributed by atoms with Gasteiger partial charge in [-0.1, -0.05) is 67.1 Å². The first-order chi connectivity index (χ1) is 18.6. The van der Waals surface area contributed by atoms with Gasteiger partial charge in [0.2, 0.25) is 21.8 Å². The summed E-state index contributed by atoms with van der Waals surface area (Å²) in [6.07, 6.45) is 2.09. The van der Waals surface area contributed by atoms with Crippen LogP contribution in [-0.4, -0.2) is 57.6 Å². The molecular weight excluding hydrogens is 514 g/mol. The third kappa shape index (κ3) is 8.58. The minimum Gasteiger partial charge on any atom is -0.497 e. The smallest absolute Gasteiger partial charge is 0.244 e. The topological polar surface area (TPSA) is 96.0 Å². The van der Waals surface area contributed by atoms with Gasteiger partial charge < -0.3 is 15.0 Å². The minimum atomic E-state index is -3.82. The predicted molar refractivity (Wildman–Crippen MR) is 154 cm³/mol. The lowest BCUT2D eigenvalue weighted by molar-refractivity contribution is -0.140. The molecule has 3 aromatic carbocycles. The zero-order chi connectivity index (χ0) is 28.4. The molecule has 2 amide bonds. The number of nitrogens with one attached hydrogen (secondary N) is 1. The van der Waals surface area contributed by atoms with Crippen molar-refractivity contribution in [1.29, 1.82) is 0 Å². The molecule has 0 aliphatic carbocycles. The molecule has 0 heterocycles. The maximum atomic E-state index is 14.0. The Kier molecular flexibility index (Phi) is 10.5. The van der Waals surface area contributed by atoms with E-state index >= 15 is 0 Å². The Labute approximate surface area is 231 Å². The van der Waals surface area contributed by atoms with Gasteiger partial charge in [-0.25, -0.2) is 8.42 Å². The molecule has 39 heavy (non-hydrogen) atoms. The Morgan fingerprint density at radius 2 is 1.56 bits per heavy atom. The maximum Gasteiger partial charge on any atom is 0.244 e. The Hall–Kier alpha value is -3.85. The Morgan fingerprint density at radius 3 is 2.13 bits per heavy atom. The van der Waals surface area contributed by atoms with Crippen molar-refractivity contribution in [2.24, 2.45) is 0 Å². The molecule has 0 spiro atoms. The monoisotopic (exact) mass is 551 g/mol. The Balaban J connectivity index is 2.02. The van der Waals surface area contributed by atoms with E-state index in [4.69, 9.17) is 4.74 Å². The summed E-state index contributed by atoms with van der Waals surface area (Å²) in [5, 5.41) is 2.93. The van der Waals surface area contributed by atoms with Crippen molar-refractivity contribution in [3.63, 3.8) is 0 Å². The van der Waals surface area contributed by atoms with Crippen molar-refractivity contribution >= 4 is 27.5 Å². The molecule has 0 aliphatic rings. The SMILES string of the molecule is CCCNC(=O)C(Cc1ccccc1)N(Cc1ccc(C)cc1)C(=O)CN(c1ccc(OC)cc1)S(C)(=O)=O. The van der Waals surface area contributed by atoms with Crippen LogP contribution in [0.2, 0.25) is 0 Å². The number of hydrogen-bond acceptors (Lipinski definition) is 5. The van der Waals surface area contributed by atoms with Gasteiger partial charge in [-0.3, -0.25) is 13.9 Å². The molecule has 1 atom stereocenters. The van der Waals surface area contributed by atoms with Crippen LogP contribution in [0.15, 0.2) is 78.9 Å². The molecule has 0 fully saturated rings. The van der Waals surface area contributed by atoms with Crippen LogP contribution in [0.4, 0.5) is 5.69 Å². The molecule has 1 N–H and O–H groups in total. The first kappa shape index (κ1) is 29.7. The second-order valence-electron chi connectivity index (χ2n) is 9.47. The van der Waals surface area contributed by atoms with E-state index in [-0.39, 0.29) is 18.9 Å². The van der Waals surface area contributed by atoms with Crippen molar-refractivity contribution < 1.29 is 22.7 Å². The summed E-state index contributed by atoms with van der Waals surface area (Å²) in [5.74, 6) is -0.198. The number of ether oxygens (including phenoxy) is 1. The number of amides is 2. The fourth-order valence-corrected chi connectivity index (χ4v) is 5.02. The summed E-state index contributed by atoms with van der Waals surface area (Å²) in [7, 11) is -2.30. The number of sulfonamides is 1. The van der Waals surface area contributed by atoms with Gasteiger partial charge in [-0.15, -0.1) is 0 Å². The molecule has 0 bridgehead atoms. The third-order valence-corrected chi connectivity index (χ3v) is 7.47. The van der Waals surface area contributed by atoms with Crippen LogP contribution in [0.25, 0.3) is 0 Å². The lowest BCUT2D eigenvalue weighted by Crippen LogP contribution is -2.53. The summed E-state index contributed by atoms with van der Waals surface area (Å²) in [6, 6.07) is 22.8. The van der Waals surface area contributed by atoms with Gasteiger partial charge in [0.1, 0.15) is 18.3 Å². The molecule has 0 saturated heterocycles. The van der Waals surface area contributed by atoms with Crippen LogP contribution >= 0.6 is 0 Å². The number of aryl methyl sites for hydroxylation is 1. The number of benzene rings is 3. The molecule has 8 nitrogen and oxygen atoms in total. The summed E-state index contributed by atoms with van der Waals surface area (Å²) in [6.45, 7) is 4.10. The molecule has 3 rings (SSSR count). The van der Waals surface area contributed by atoms with Gasteiger partial charge in [0.05, 0.1) is 19.1 Å². The number of anilines is 1. The van der Waals surface area contributed by atoms with Crippen molar-refractivity contribution in [1.82, 2.24) is 10.2 Å². The quantitative estimate of drug-likeness (QED) is 0.347. The second kappa shape index (κ2) is 13.8. The Bertz CT molecular complexity index is 1330. The van der Waals surface area contributed by atoms with E-state index in [0.29, 0.717) is 18.0 Å². The van der Waals surface area contributed by atoms with Crippen LogP contribution < -0.4 is 14.4 Å². The number of nitrogens with zero attached hydrogens (tertiary/aromatic N) is 2. The summed E-state index contributed by atoms with van der Waals surface area (Å²) in [4.78, 5) is 29.0. The van der Waals surface area contributed by atoms with E-state index in [1.807, 2.05) is 68.4 Å². The highest BCUT2D eigenvalue weighted by atomic mass is 32.2. The van der Waals surface area contributed by atoms with Crippen molar-refractivity contribution in [2.45, 2.75) is 39.3 Å². The zero-order valence-corrected chi connectivity index (χ0v) is 23.8. The highest BCUT2D eigenvalue weighted by Crippen LogP contribution is 2.23. The van der Waals surface area contributed by atoms with Gasteiger partial charge in [0.15, 0.2) is 0 Å². The first-order valence-corrected chi connectivity index (χ1v) is 14.8. The number of rotatable bonds is 13. The maximum absolute atomic E-state index is 14.0. The molecule has 9 heteroatoms. The Morgan fingerprint density at radius 1 is 0.923 bits per heavy atom. The van der Waals surface area contributed by atoms with Crippen LogP contribution in [-0.2, 0) is 32.6 Å². The molecule has 3 aromatic rings. The van der Waals surface area contributed by atoms with Crippen LogP contribution in [0.1, 0.15) is 30.0 Å². The highest BCUT2D eigenvalue weighted by molar-refractivity contribution is 7.92. The second-order valence-corrected chi connectivity index (χ2v) is 11.4. The number of carbonyl (C=O) groups is 2. The van der Waals surface area contributed by atoms with Crippen molar-refractivity contribution in [2.75, 3.05) is 30.8 Å². The van der Waals surface area contributed by atoms with E-state index in [9.17, 15) is 18.0 Å². The molecule has 0 aliphatic heterocycles. The van der Waals surface area contributed by atoms with Gasteiger partial charge >= 0.3 is 0 Å². The number of hydrogen-bond donors (Lipinski definition) is 1. The zero-order valence-electron chi connectivity index (χ0n) is 23.0. The van der Waals surface area contributed by atoms with E-state index in [2.05, 4.69) is 5.32 Å². The average Bonchev–Trinajstić information content (AvgIpc) is 2.93. The average molecular weight is 552 g/mol. The van der Waals surface area contributed by atoms with E-state index in [1.54, 1.807) is 24.3 Å². The largest absolute Gasteiger partial charge is 0.497 e. The van der Waals surface area contributed by atoms with Crippen molar-refractivity contribution in [3.8, 4) is 5.75 Å². The highest BCUT2D eigenvalue weighted by Gasteiger charge is 2.32. The normalized spacial score (nSPS) is 11.9. The summed E-state index contributed by atoms with van der Waals surface area (Å²) < 4.78 is 31.9. The molecule has 0 radical (unpaired) electrons. The van der Waals surface area contributed by atoms with Crippen LogP contribution in [0.5, 0.6) is 5.75 Å². The van der Waals surface area contributed by atoms with Crippen LogP contribution in [0.3, 0.4) is 0 Å². The van der Waals surface area contributed by atoms with Crippen LogP contribution in [0, 0.1) is 6.92 Å². The molecule has 208 valence electrons. The summed E-state index contributed by atoms with van der Waals surface area (Å²) >= 11 is 0. The van der Waals surface area contributed by atoms with E-state index < -0.39 is 28.5 Å². The number of carbonyl (C=O) groups excluding carboxylic acids is 2. The first-order valence-electron chi connectivity index (χ1n) is 12.9. The minimum absolute atomic E-state index is 0.149. The molecule has 0 aromatic heterocycles. The van der Waals surface area contributed by atoms with Gasteiger partial charge in [-0.05, 0) is 48.7 Å². The van der Waals surface area contributed by atoms with Gasteiger partial charge in [0.25, 0.3) is 0 Å². The molecule has 1 unspecified atom stereocenters. The fraction of sp³-hybridized carbons (Fsp3) is 0.333. The third-order valence-electron chi connectivity index (χ3n) is 6.33. The standard InChI is InChI=1S/C30H37N3O5S/c1-5-19-31-30(35)28(20-24-9-7-6-8-10-24)32(21-25-13-11-23(2)12-14-25)29(34)22-33(39(4,36)37)26-15-17-27(38-3)18-16-26/h6-18,28H,5,19-22H2,1-4H3,(H,31,35). The van der Waals surface area contributed by atoms with E-state index in [0.717, 1.165) is 33.7 Å². The fourth-order valence-electron chi connectivity index (χ4n) is 4.17. The molecular formula is C30H37N3O5S. The molecule has 0 saturated carbocycles.